The van der Waals surface area contributed by atoms with Crippen molar-refractivity contribution in [3.8, 4) is 11.5 Å². The van der Waals surface area contributed by atoms with Crippen LogP contribution in [0.25, 0.3) is 0 Å². The fourth-order valence-corrected chi connectivity index (χ4v) is 4.58. The van der Waals surface area contributed by atoms with Gasteiger partial charge in [0.1, 0.15) is 11.5 Å². The number of carbonyl (C=O) groups excluding carboxylic acids is 2. The van der Waals surface area contributed by atoms with Gasteiger partial charge in [0.25, 0.3) is 5.91 Å². The highest BCUT2D eigenvalue weighted by Crippen LogP contribution is 2.41. The lowest BCUT2D eigenvalue weighted by Gasteiger charge is -2.33. The Balaban J connectivity index is 1.42. The third-order valence-electron chi connectivity index (χ3n) is 5.33. The Labute approximate surface area is 208 Å². The molecule has 0 unspecified atom stereocenters. The third-order valence-corrected chi connectivity index (χ3v) is 6.10. The molecule has 9 heteroatoms. The lowest BCUT2D eigenvalue weighted by atomic mass is 9.95. The minimum Gasteiger partial charge on any atom is -0.494 e. The van der Waals surface area contributed by atoms with Crippen LogP contribution in [0.3, 0.4) is 0 Å². The molecule has 0 bridgehead atoms. The lowest BCUT2D eigenvalue weighted by molar-refractivity contribution is -0.139. The Bertz CT molecular complexity index is 1170. The van der Waals surface area contributed by atoms with Gasteiger partial charge in [-0.05, 0) is 68.1 Å². The summed E-state index contributed by atoms with van der Waals surface area (Å²) in [6, 6.07) is 14.1. The first-order valence-electron chi connectivity index (χ1n) is 11.3. The molecule has 2 aliphatic rings. The summed E-state index contributed by atoms with van der Waals surface area (Å²) in [4.78, 5) is 31.6. The second kappa shape index (κ2) is 11.1. The van der Waals surface area contributed by atoms with Crippen LogP contribution < -0.4 is 14.8 Å². The van der Waals surface area contributed by atoms with Crippen LogP contribution in [0.1, 0.15) is 32.4 Å². The van der Waals surface area contributed by atoms with Crippen molar-refractivity contribution in [1.29, 1.82) is 0 Å². The molecule has 2 aliphatic heterocycles. The molecule has 182 valence electrons. The van der Waals surface area contributed by atoms with E-state index in [4.69, 9.17) is 14.2 Å². The summed E-state index contributed by atoms with van der Waals surface area (Å²) in [7, 11) is 0. The van der Waals surface area contributed by atoms with Gasteiger partial charge in [0.2, 0.25) is 0 Å². The Hall–Kier alpha value is -3.72. The van der Waals surface area contributed by atoms with Crippen LogP contribution in [0.5, 0.6) is 11.5 Å². The van der Waals surface area contributed by atoms with Gasteiger partial charge >= 0.3 is 5.97 Å². The van der Waals surface area contributed by atoms with Gasteiger partial charge in [-0.15, -0.1) is 0 Å². The van der Waals surface area contributed by atoms with E-state index in [1.165, 1.54) is 11.8 Å². The molecular weight excluding hydrogens is 466 g/mol. The van der Waals surface area contributed by atoms with Crippen LogP contribution in [-0.2, 0) is 14.3 Å². The van der Waals surface area contributed by atoms with Crippen molar-refractivity contribution >= 4 is 34.5 Å². The number of allylic oxidation sites excluding steroid dienone is 1. The quantitative estimate of drug-likeness (QED) is 0.499. The summed E-state index contributed by atoms with van der Waals surface area (Å²) in [6.45, 7) is 6.26. The molecule has 0 fully saturated rings. The van der Waals surface area contributed by atoms with Gasteiger partial charge in [-0.1, -0.05) is 23.9 Å². The number of rotatable bonds is 9. The second-order valence-electron chi connectivity index (χ2n) is 7.69. The Morgan fingerprint density at radius 3 is 2.37 bits per heavy atom. The van der Waals surface area contributed by atoms with Crippen LogP contribution >= 0.6 is 11.8 Å². The largest absolute Gasteiger partial charge is 0.494 e. The van der Waals surface area contributed by atoms with Crippen LogP contribution in [0.2, 0.25) is 0 Å². The summed E-state index contributed by atoms with van der Waals surface area (Å²) < 4.78 is 16.4. The minimum atomic E-state index is -0.380. The molecule has 0 aliphatic carbocycles. The number of thioether (sulfide) groups is 1. The number of hydrogen-bond donors (Lipinski definition) is 1. The van der Waals surface area contributed by atoms with E-state index in [0.29, 0.717) is 29.3 Å². The maximum absolute atomic E-state index is 12.7. The SMILES string of the molecule is CCOC(=O)C1=C(C)N=C2SC=CN2[C@H]1c1ccc(OCC(=O)Nc2ccc(OCC)cc2)cc1. The maximum atomic E-state index is 12.7. The first-order valence-corrected chi connectivity index (χ1v) is 12.2. The molecule has 1 amide bonds. The van der Waals surface area contributed by atoms with Gasteiger partial charge in [0, 0.05) is 11.9 Å². The lowest BCUT2D eigenvalue weighted by Crippen LogP contribution is -2.34. The van der Waals surface area contributed by atoms with E-state index in [1.54, 1.807) is 43.3 Å². The Morgan fingerprint density at radius 1 is 1.00 bits per heavy atom. The number of carbonyl (C=O) groups is 2. The molecule has 0 aromatic heterocycles. The summed E-state index contributed by atoms with van der Waals surface area (Å²) in [5.41, 5.74) is 2.70. The fourth-order valence-electron chi connectivity index (χ4n) is 3.79. The van der Waals surface area contributed by atoms with Gasteiger partial charge < -0.3 is 24.4 Å². The van der Waals surface area contributed by atoms with Crippen LogP contribution in [0.4, 0.5) is 5.69 Å². The van der Waals surface area contributed by atoms with E-state index in [-0.39, 0.29) is 31.1 Å². The Morgan fingerprint density at radius 2 is 1.69 bits per heavy atom. The first-order chi connectivity index (χ1) is 17.0. The van der Waals surface area contributed by atoms with Crippen molar-refractivity contribution in [2.24, 2.45) is 4.99 Å². The van der Waals surface area contributed by atoms with Gasteiger partial charge in [0.15, 0.2) is 11.8 Å². The van der Waals surface area contributed by atoms with Crippen molar-refractivity contribution in [2.45, 2.75) is 26.8 Å². The van der Waals surface area contributed by atoms with Crippen molar-refractivity contribution in [3.05, 3.63) is 77.0 Å². The number of ether oxygens (including phenoxy) is 3. The monoisotopic (exact) mass is 493 g/mol. The average molecular weight is 494 g/mol. The molecule has 0 saturated heterocycles. The molecule has 1 N–H and O–H groups in total. The highest BCUT2D eigenvalue weighted by molar-refractivity contribution is 8.16. The van der Waals surface area contributed by atoms with Crippen molar-refractivity contribution < 1.29 is 23.8 Å². The first kappa shape index (κ1) is 24.4. The average Bonchev–Trinajstić information content (AvgIpc) is 3.32. The summed E-state index contributed by atoms with van der Waals surface area (Å²) in [5.74, 6) is 0.644. The summed E-state index contributed by atoms with van der Waals surface area (Å²) in [5, 5.41) is 5.55. The Kier molecular flexibility index (Phi) is 7.77. The van der Waals surface area contributed by atoms with Crippen molar-refractivity contribution in [3.63, 3.8) is 0 Å². The zero-order valence-corrected chi connectivity index (χ0v) is 20.6. The van der Waals surface area contributed by atoms with Gasteiger partial charge in [-0.25, -0.2) is 9.79 Å². The molecule has 0 radical (unpaired) electrons. The number of amides is 1. The predicted octanol–water partition coefficient (Wildman–Crippen LogP) is 4.87. The van der Waals surface area contributed by atoms with Crippen LogP contribution in [0.15, 0.2) is 76.4 Å². The highest BCUT2D eigenvalue weighted by Gasteiger charge is 2.37. The molecule has 1 atom stereocenters. The molecular formula is C26H27N3O5S. The van der Waals surface area contributed by atoms with Crippen LogP contribution in [0, 0.1) is 0 Å². The molecule has 2 aromatic carbocycles. The van der Waals surface area contributed by atoms with E-state index in [2.05, 4.69) is 10.3 Å². The smallest absolute Gasteiger partial charge is 0.338 e. The van der Waals surface area contributed by atoms with Gasteiger partial charge in [-0.2, -0.15) is 0 Å². The molecule has 35 heavy (non-hydrogen) atoms. The fraction of sp³-hybridized carbons (Fsp3) is 0.269. The number of anilines is 1. The highest BCUT2D eigenvalue weighted by atomic mass is 32.2. The number of hydrogen-bond acceptors (Lipinski definition) is 8. The predicted molar refractivity (Wildman–Crippen MR) is 136 cm³/mol. The molecule has 0 spiro atoms. The summed E-state index contributed by atoms with van der Waals surface area (Å²) >= 11 is 1.51. The van der Waals surface area contributed by atoms with E-state index >= 15 is 0 Å². The van der Waals surface area contributed by atoms with Crippen molar-refractivity contribution in [1.82, 2.24) is 4.90 Å². The number of nitrogens with one attached hydrogen (secondary N) is 1. The van der Waals surface area contributed by atoms with Gasteiger partial charge in [0.05, 0.1) is 30.5 Å². The van der Waals surface area contributed by atoms with Gasteiger partial charge in [-0.3, -0.25) is 4.79 Å². The molecule has 2 aromatic rings. The maximum Gasteiger partial charge on any atom is 0.338 e. The third kappa shape index (κ3) is 5.68. The zero-order chi connectivity index (χ0) is 24.8. The molecule has 2 heterocycles. The topological polar surface area (TPSA) is 89.5 Å². The standard InChI is InChI=1S/C26H27N3O5S/c1-4-32-20-12-8-19(9-13-20)28-22(30)16-34-21-10-6-18(7-11-21)24-23(25(31)33-5-2)17(3)27-26-29(24)14-15-35-26/h6-15,24H,4-5,16H2,1-3H3,(H,28,30)/t24-/m0/s1. The molecule has 8 nitrogen and oxygen atoms in total. The van der Waals surface area contributed by atoms with E-state index in [1.807, 2.05) is 42.5 Å². The number of esters is 1. The number of fused-ring (bicyclic) bond motifs is 1. The number of benzene rings is 2. The van der Waals surface area contributed by atoms with E-state index < -0.39 is 0 Å². The minimum absolute atomic E-state index is 0.134. The van der Waals surface area contributed by atoms with Crippen LogP contribution in [-0.4, -0.2) is 41.8 Å². The second-order valence-corrected chi connectivity index (χ2v) is 8.56. The normalized spacial score (nSPS) is 16.5. The van der Waals surface area contributed by atoms with Crippen molar-refractivity contribution in [2.75, 3.05) is 25.1 Å². The number of nitrogens with zero attached hydrogens (tertiary/aromatic N) is 2. The number of amidine groups is 1. The zero-order valence-electron chi connectivity index (χ0n) is 19.8. The summed E-state index contributed by atoms with van der Waals surface area (Å²) in [6.07, 6.45) is 1.91. The number of aliphatic imine (C=N–C) groups is 1. The molecule has 0 saturated carbocycles. The molecule has 4 rings (SSSR count). The van der Waals surface area contributed by atoms with E-state index in [0.717, 1.165) is 16.5 Å². The van der Waals surface area contributed by atoms with E-state index in [9.17, 15) is 9.59 Å².